The molecule has 1 atom stereocenters. The molecule has 124 valence electrons. The van der Waals surface area contributed by atoms with Crippen molar-refractivity contribution in [3.8, 4) is 5.75 Å². The van der Waals surface area contributed by atoms with E-state index in [1.54, 1.807) is 11.7 Å². The second-order valence-electron chi connectivity index (χ2n) is 5.21. The number of hydrogen-bond donors (Lipinski definition) is 2. The average Bonchev–Trinajstić information content (AvgIpc) is 2.95. The Kier molecular flexibility index (Phi) is 6.29. The number of nitrogens with zero attached hydrogens (tertiary/aromatic N) is 3. The van der Waals surface area contributed by atoms with E-state index in [9.17, 15) is 0 Å². The van der Waals surface area contributed by atoms with Gasteiger partial charge in [0.25, 0.3) is 0 Å². The minimum Gasteiger partial charge on any atom is -0.489 e. The van der Waals surface area contributed by atoms with Crippen LogP contribution >= 0.6 is 11.6 Å². The van der Waals surface area contributed by atoms with Crippen LogP contribution in [0.15, 0.2) is 41.7 Å². The zero-order valence-corrected chi connectivity index (χ0v) is 14.3. The Labute approximate surface area is 141 Å². The van der Waals surface area contributed by atoms with E-state index in [1.165, 1.54) is 0 Å². The van der Waals surface area contributed by atoms with Gasteiger partial charge in [-0.05, 0) is 31.2 Å². The van der Waals surface area contributed by atoms with Gasteiger partial charge in [-0.15, -0.1) is 0 Å². The Morgan fingerprint density at radius 1 is 1.35 bits per heavy atom. The highest BCUT2D eigenvalue weighted by Gasteiger charge is 2.06. The first kappa shape index (κ1) is 17.1. The third kappa shape index (κ3) is 5.83. The fourth-order valence-corrected chi connectivity index (χ4v) is 2.12. The summed E-state index contributed by atoms with van der Waals surface area (Å²) in [6, 6.07) is 7.33. The first-order valence-electron chi connectivity index (χ1n) is 7.41. The van der Waals surface area contributed by atoms with Crippen molar-refractivity contribution < 1.29 is 4.74 Å². The molecule has 0 amide bonds. The summed E-state index contributed by atoms with van der Waals surface area (Å²) in [5.41, 5.74) is 1.10. The topological polar surface area (TPSA) is 63.5 Å². The van der Waals surface area contributed by atoms with Crippen LogP contribution < -0.4 is 15.4 Å². The van der Waals surface area contributed by atoms with Crippen LogP contribution in [-0.4, -0.2) is 35.4 Å². The maximum Gasteiger partial charge on any atom is 0.191 e. The lowest BCUT2D eigenvalue weighted by molar-refractivity contribution is 0.224. The van der Waals surface area contributed by atoms with Gasteiger partial charge in [0.2, 0.25) is 0 Å². The second kappa shape index (κ2) is 8.43. The summed E-state index contributed by atoms with van der Waals surface area (Å²) in [5.74, 6) is 1.52. The summed E-state index contributed by atoms with van der Waals surface area (Å²) in [4.78, 5) is 4.19. The van der Waals surface area contributed by atoms with Crippen LogP contribution in [0.25, 0.3) is 0 Å². The van der Waals surface area contributed by atoms with Crippen LogP contribution in [0.2, 0.25) is 5.02 Å². The molecule has 1 unspecified atom stereocenters. The Bertz CT molecular complexity index is 638. The molecule has 0 aliphatic rings. The summed E-state index contributed by atoms with van der Waals surface area (Å²) in [7, 11) is 3.63. The van der Waals surface area contributed by atoms with Gasteiger partial charge < -0.3 is 15.4 Å². The number of aromatic nitrogens is 2. The predicted molar refractivity (Wildman–Crippen MR) is 93.0 cm³/mol. The van der Waals surface area contributed by atoms with Crippen LogP contribution in [-0.2, 0) is 13.6 Å². The first-order valence-corrected chi connectivity index (χ1v) is 7.79. The van der Waals surface area contributed by atoms with E-state index in [0.717, 1.165) is 17.3 Å². The first-order chi connectivity index (χ1) is 11.1. The Morgan fingerprint density at radius 3 is 2.70 bits per heavy atom. The van der Waals surface area contributed by atoms with E-state index in [4.69, 9.17) is 16.3 Å². The highest BCUT2D eigenvalue weighted by Crippen LogP contribution is 2.16. The largest absolute Gasteiger partial charge is 0.489 e. The smallest absolute Gasteiger partial charge is 0.191 e. The van der Waals surface area contributed by atoms with E-state index >= 15 is 0 Å². The van der Waals surface area contributed by atoms with Gasteiger partial charge in [-0.25, -0.2) is 0 Å². The number of guanidine groups is 1. The van der Waals surface area contributed by atoms with Crippen molar-refractivity contribution in [3.05, 3.63) is 47.2 Å². The minimum absolute atomic E-state index is 0.00637. The van der Waals surface area contributed by atoms with Crippen LogP contribution in [0, 0.1) is 0 Å². The number of aryl methyl sites for hydroxylation is 1. The standard InChI is InChI=1S/C16H22ClN5O/c1-12(23-15-6-4-14(17)5-7-15)8-19-16(18-2)20-9-13-10-21-22(3)11-13/h4-7,10-12H,8-9H2,1-3H3,(H2,18,19,20). The zero-order chi connectivity index (χ0) is 16.7. The molecule has 0 fully saturated rings. The molecule has 1 aromatic heterocycles. The molecule has 0 saturated heterocycles. The number of benzene rings is 1. The second-order valence-corrected chi connectivity index (χ2v) is 5.65. The monoisotopic (exact) mass is 335 g/mol. The number of hydrogen-bond acceptors (Lipinski definition) is 3. The quantitative estimate of drug-likeness (QED) is 0.627. The van der Waals surface area contributed by atoms with Crippen LogP contribution in [0.5, 0.6) is 5.75 Å². The van der Waals surface area contributed by atoms with E-state index in [2.05, 4.69) is 20.7 Å². The lowest BCUT2D eigenvalue weighted by Crippen LogP contribution is -2.41. The van der Waals surface area contributed by atoms with E-state index in [1.807, 2.05) is 50.6 Å². The van der Waals surface area contributed by atoms with E-state index in [-0.39, 0.29) is 6.10 Å². The summed E-state index contributed by atoms with van der Waals surface area (Å²) in [6.45, 7) is 3.30. The molecule has 1 heterocycles. The maximum atomic E-state index is 5.86. The maximum absolute atomic E-state index is 5.86. The normalized spacial score (nSPS) is 12.8. The van der Waals surface area contributed by atoms with Crippen molar-refractivity contribution >= 4 is 17.6 Å². The molecule has 0 aliphatic heterocycles. The molecular weight excluding hydrogens is 314 g/mol. The van der Waals surface area contributed by atoms with Crippen LogP contribution in [0.1, 0.15) is 12.5 Å². The van der Waals surface area contributed by atoms with E-state index in [0.29, 0.717) is 18.1 Å². The summed E-state index contributed by atoms with van der Waals surface area (Å²) in [6.07, 6.45) is 3.78. The number of aliphatic imine (C=N–C) groups is 1. The zero-order valence-electron chi connectivity index (χ0n) is 13.6. The lowest BCUT2D eigenvalue weighted by Gasteiger charge is -2.17. The van der Waals surface area contributed by atoms with Crippen molar-refractivity contribution in [2.45, 2.75) is 19.6 Å². The SMILES string of the molecule is CN=C(NCc1cnn(C)c1)NCC(C)Oc1ccc(Cl)cc1. The highest BCUT2D eigenvalue weighted by atomic mass is 35.5. The lowest BCUT2D eigenvalue weighted by atomic mass is 10.3. The molecule has 0 bridgehead atoms. The fourth-order valence-electron chi connectivity index (χ4n) is 2.00. The molecule has 6 nitrogen and oxygen atoms in total. The van der Waals surface area contributed by atoms with Gasteiger partial charge in [0.05, 0.1) is 12.7 Å². The minimum atomic E-state index is -0.00637. The van der Waals surface area contributed by atoms with Gasteiger partial charge in [0.1, 0.15) is 11.9 Å². The Morgan fingerprint density at radius 2 is 2.09 bits per heavy atom. The molecule has 2 rings (SSSR count). The Hall–Kier alpha value is -2.21. The molecule has 1 aromatic carbocycles. The molecule has 0 aliphatic carbocycles. The fraction of sp³-hybridized carbons (Fsp3) is 0.375. The number of ether oxygens (including phenoxy) is 1. The van der Waals surface area contributed by atoms with Crippen LogP contribution in [0.4, 0.5) is 0 Å². The van der Waals surface area contributed by atoms with Crippen LogP contribution in [0.3, 0.4) is 0 Å². The third-order valence-electron chi connectivity index (χ3n) is 3.15. The molecule has 2 N–H and O–H groups in total. The molecular formula is C16H22ClN5O. The molecule has 2 aromatic rings. The number of rotatable bonds is 6. The van der Waals surface area contributed by atoms with Crippen molar-refractivity contribution in [2.75, 3.05) is 13.6 Å². The van der Waals surface area contributed by atoms with Gasteiger partial charge in [-0.1, -0.05) is 11.6 Å². The third-order valence-corrected chi connectivity index (χ3v) is 3.40. The van der Waals surface area contributed by atoms with Gasteiger partial charge in [0.15, 0.2) is 5.96 Å². The molecule has 7 heteroatoms. The van der Waals surface area contributed by atoms with Gasteiger partial charge >= 0.3 is 0 Å². The molecule has 0 radical (unpaired) electrons. The van der Waals surface area contributed by atoms with Gasteiger partial charge in [-0.3, -0.25) is 9.67 Å². The highest BCUT2D eigenvalue weighted by molar-refractivity contribution is 6.30. The number of nitrogens with one attached hydrogen (secondary N) is 2. The van der Waals surface area contributed by atoms with Crippen molar-refractivity contribution in [2.24, 2.45) is 12.0 Å². The van der Waals surface area contributed by atoms with Crippen molar-refractivity contribution in [1.82, 2.24) is 20.4 Å². The summed E-state index contributed by atoms with van der Waals surface area (Å²) in [5, 5.41) is 11.3. The Balaban J connectivity index is 1.75. The van der Waals surface area contributed by atoms with Crippen molar-refractivity contribution in [1.29, 1.82) is 0 Å². The van der Waals surface area contributed by atoms with Crippen molar-refractivity contribution in [3.63, 3.8) is 0 Å². The number of halogens is 1. The summed E-state index contributed by atoms with van der Waals surface area (Å²) < 4.78 is 7.59. The molecule has 0 spiro atoms. The summed E-state index contributed by atoms with van der Waals surface area (Å²) >= 11 is 5.86. The van der Waals surface area contributed by atoms with Gasteiger partial charge in [0, 0.05) is 37.4 Å². The van der Waals surface area contributed by atoms with E-state index < -0.39 is 0 Å². The van der Waals surface area contributed by atoms with Gasteiger partial charge in [-0.2, -0.15) is 5.10 Å². The molecule has 0 saturated carbocycles. The molecule has 23 heavy (non-hydrogen) atoms. The predicted octanol–water partition coefficient (Wildman–Crippen LogP) is 2.21. The average molecular weight is 336 g/mol.